The second kappa shape index (κ2) is 8.41. The number of nitrogens with zero attached hydrogens (tertiary/aromatic N) is 4. The van der Waals surface area contributed by atoms with Crippen LogP contribution in [0.25, 0.3) is 21.1 Å². The second-order valence-electron chi connectivity index (χ2n) is 8.83. The van der Waals surface area contributed by atoms with Gasteiger partial charge in [0, 0.05) is 63.6 Å². The van der Waals surface area contributed by atoms with E-state index in [1.165, 1.54) is 11.3 Å². The molecule has 2 amide bonds. The Labute approximate surface area is 201 Å². The number of aliphatic hydroxyl groups excluding tert-OH is 1. The quantitative estimate of drug-likeness (QED) is 0.482. The highest BCUT2D eigenvalue weighted by Gasteiger charge is 2.27. The summed E-state index contributed by atoms with van der Waals surface area (Å²) in [6.07, 6.45) is 1.81. The van der Waals surface area contributed by atoms with Gasteiger partial charge in [-0.3, -0.25) is 14.6 Å². The number of hydrogen-bond acceptors (Lipinski definition) is 6. The molecule has 0 spiro atoms. The summed E-state index contributed by atoms with van der Waals surface area (Å²) in [5.74, 6) is 1.12. The Morgan fingerprint density at radius 3 is 2.74 bits per heavy atom. The fourth-order valence-corrected chi connectivity index (χ4v) is 5.44. The molecule has 176 valence electrons. The minimum Gasteiger partial charge on any atom is -0.456 e. The Hall–Kier alpha value is -3.43. The third-order valence-corrected chi connectivity index (χ3v) is 7.48. The maximum absolute atomic E-state index is 12.9. The predicted molar refractivity (Wildman–Crippen MR) is 132 cm³/mol. The first-order valence-electron chi connectivity index (χ1n) is 11.1. The number of aromatic nitrogens is 2. The van der Waals surface area contributed by atoms with Gasteiger partial charge in [-0.1, -0.05) is 0 Å². The predicted octanol–water partition coefficient (Wildman–Crippen LogP) is 3.80. The molecular weight excluding hydrogens is 452 g/mol. The summed E-state index contributed by atoms with van der Waals surface area (Å²) in [5.41, 5.74) is 3.18. The summed E-state index contributed by atoms with van der Waals surface area (Å²) in [5, 5.41) is 10.6. The van der Waals surface area contributed by atoms with E-state index in [4.69, 9.17) is 4.74 Å². The lowest BCUT2D eigenvalue weighted by Crippen LogP contribution is -2.28. The second-order valence-corrected chi connectivity index (χ2v) is 9.88. The molecular formula is C25H26N4O4S. The smallest absolute Gasteiger partial charge is 0.264 e. The number of thiophene rings is 1. The van der Waals surface area contributed by atoms with Crippen LogP contribution in [0.15, 0.2) is 36.5 Å². The van der Waals surface area contributed by atoms with Crippen molar-refractivity contribution in [3.8, 4) is 11.5 Å². The number of ether oxygens (including phenoxy) is 1. The SMILES string of the molecule is Cc1c(C(=O)N(C)C)c2ccc(Oc3ccnc4cc(C(=O)N5CC[C@@H](O)C5)sc34)cc2n1C. The molecule has 0 saturated carbocycles. The molecule has 1 N–H and O–H groups in total. The van der Waals surface area contributed by atoms with E-state index in [-0.39, 0.29) is 11.8 Å². The first kappa shape index (κ1) is 22.4. The normalized spacial score (nSPS) is 15.9. The molecule has 0 bridgehead atoms. The molecule has 1 saturated heterocycles. The zero-order valence-electron chi connectivity index (χ0n) is 19.5. The summed E-state index contributed by atoms with van der Waals surface area (Å²) in [6.45, 7) is 2.85. The van der Waals surface area contributed by atoms with Crippen molar-refractivity contribution in [3.63, 3.8) is 0 Å². The van der Waals surface area contributed by atoms with Crippen molar-refractivity contribution in [1.29, 1.82) is 0 Å². The fraction of sp³-hybridized carbons (Fsp3) is 0.320. The van der Waals surface area contributed by atoms with Crippen LogP contribution in [-0.2, 0) is 7.05 Å². The van der Waals surface area contributed by atoms with Gasteiger partial charge in [-0.05, 0) is 31.5 Å². The molecule has 34 heavy (non-hydrogen) atoms. The summed E-state index contributed by atoms with van der Waals surface area (Å²) in [7, 11) is 5.43. The number of carbonyl (C=O) groups excluding carboxylic acids is 2. The zero-order chi connectivity index (χ0) is 24.1. The van der Waals surface area contributed by atoms with Gasteiger partial charge >= 0.3 is 0 Å². The van der Waals surface area contributed by atoms with Gasteiger partial charge in [0.15, 0.2) is 0 Å². The van der Waals surface area contributed by atoms with Crippen LogP contribution < -0.4 is 4.74 Å². The standard InChI is InChI=1S/C25H26N4O4S/c1-14-22(25(32)27(2)3)17-6-5-16(11-19(17)28(14)4)33-20-7-9-26-18-12-21(34-23(18)20)24(31)29-10-8-15(30)13-29/h5-7,9,11-12,15,30H,8,10,13H2,1-4H3/t15-/m1/s1. The van der Waals surface area contributed by atoms with Crippen LogP contribution in [0.1, 0.15) is 32.1 Å². The van der Waals surface area contributed by atoms with Crippen LogP contribution in [-0.4, -0.2) is 69.6 Å². The number of likely N-dealkylation sites (tertiary alicyclic amines) is 1. The van der Waals surface area contributed by atoms with Crippen LogP contribution in [0.4, 0.5) is 0 Å². The molecule has 4 heterocycles. The van der Waals surface area contributed by atoms with Crippen molar-refractivity contribution in [2.75, 3.05) is 27.2 Å². The number of carbonyl (C=O) groups is 2. The number of aryl methyl sites for hydroxylation is 1. The number of β-amino-alcohol motifs (C(OH)–C–C–N with tert-alkyl or cyclic N) is 1. The molecule has 1 fully saturated rings. The molecule has 0 unspecified atom stereocenters. The van der Waals surface area contributed by atoms with E-state index < -0.39 is 6.10 Å². The van der Waals surface area contributed by atoms with E-state index in [1.54, 1.807) is 42.2 Å². The molecule has 1 atom stereocenters. The molecule has 0 aliphatic carbocycles. The molecule has 9 heteroatoms. The average molecular weight is 479 g/mol. The van der Waals surface area contributed by atoms with Crippen molar-refractivity contribution < 1.29 is 19.4 Å². The number of amides is 2. The van der Waals surface area contributed by atoms with E-state index in [9.17, 15) is 14.7 Å². The Bertz CT molecular complexity index is 1440. The molecule has 5 rings (SSSR count). The third kappa shape index (κ3) is 3.70. The molecule has 3 aromatic heterocycles. The highest BCUT2D eigenvalue weighted by atomic mass is 32.1. The van der Waals surface area contributed by atoms with Crippen LogP contribution >= 0.6 is 11.3 Å². The number of rotatable bonds is 4. The van der Waals surface area contributed by atoms with Gasteiger partial charge in [-0.25, -0.2) is 0 Å². The first-order valence-corrected chi connectivity index (χ1v) is 11.9. The van der Waals surface area contributed by atoms with Gasteiger partial charge in [0.2, 0.25) is 0 Å². The van der Waals surface area contributed by atoms with Crippen molar-refractivity contribution >= 4 is 44.3 Å². The Kier molecular flexibility index (Phi) is 5.53. The number of aliphatic hydroxyl groups is 1. The highest BCUT2D eigenvalue weighted by molar-refractivity contribution is 7.21. The Balaban J connectivity index is 1.49. The number of fused-ring (bicyclic) bond motifs is 2. The van der Waals surface area contributed by atoms with Gasteiger partial charge < -0.3 is 24.2 Å². The number of benzene rings is 1. The van der Waals surface area contributed by atoms with Crippen molar-refractivity contribution in [2.45, 2.75) is 19.4 Å². The minimum atomic E-state index is -0.458. The van der Waals surface area contributed by atoms with Gasteiger partial charge in [0.25, 0.3) is 11.8 Å². The lowest BCUT2D eigenvalue weighted by atomic mass is 10.1. The Morgan fingerprint density at radius 1 is 1.24 bits per heavy atom. The summed E-state index contributed by atoms with van der Waals surface area (Å²) < 4.78 is 9.03. The van der Waals surface area contributed by atoms with Crippen LogP contribution in [0.5, 0.6) is 11.5 Å². The Morgan fingerprint density at radius 2 is 2.03 bits per heavy atom. The van der Waals surface area contributed by atoms with E-state index in [0.717, 1.165) is 21.3 Å². The maximum Gasteiger partial charge on any atom is 0.264 e. The van der Waals surface area contributed by atoms with Gasteiger partial charge in [-0.15, -0.1) is 11.3 Å². The fourth-order valence-electron chi connectivity index (χ4n) is 4.41. The van der Waals surface area contributed by atoms with Crippen LogP contribution in [0.3, 0.4) is 0 Å². The van der Waals surface area contributed by atoms with E-state index in [1.807, 2.05) is 36.7 Å². The van der Waals surface area contributed by atoms with Gasteiger partial charge in [0.1, 0.15) is 11.5 Å². The monoisotopic (exact) mass is 478 g/mol. The molecule has 0 radical (unpaired) electrons. The molecule has 8 nitrogen and oxygen atoms in total. The largest absolute Gasteiger partial charge is 0.456 e. The lowest BCUT2D eigenvalue weighted by Gasteiger charge is -2.13. The number of hydrogen-bond donors (Lipinski definition) is 1. The van der Waals surface area contributed by atoms with Gasteiger partial charge in [0.05, 0.1) is 32.3 Å². The average Bonchev–Trinajstić information content (AvgIpc) is 3.51. The van der Waals surface area contributed by atoms with Gasteiger partial charge in [-0.2, -0.15) is 0 Å². The topological polar surface area (TPSA) is 87.9 Å². The van der Waals surface area contributed by atoms with Crippen molar-refractivity contribution in [1.82, 2.24) is 19.4 Å². The summed E-state index contributed by atoms with van der Waals surface area (Å²) >= 11 is 1.34. The lowest BCUT2D eigenvalue weighted by molar-refractivity contribution is 0.0769. The first-order chi connectivity index (χ1) is 16.2. The van der Waals surface area contributed by atoms with E-state index >= 15 is 0 Å². The maximum atomic E-state index is 12.9. The number of pyridine rings is 1. The summed E-state index contributed by atoms with van der Waals surface area (Å²) in [6, 6.07) is 9.25. The van der Waals surface area contributed by atoms with E-state index in [0.29, 0.717) is 47.0 Å². The molecule has 1 aliphatic heterocycles. The molecule has 1 aliphatic rings. The zero-order valence-corrected chi connectivity index (χ0v) is 20.3. The van der Waals surface area contributed by atoms with Crippen molar-refractivity contribution in [2.24, 2.45) is 7.05 Å². The molecule has 1 aromatic carbocycles. The van der Waals surface area contributed by atoms with Crippen LogP contribution in [0, 0.1) is 6.92 Å². The highest BCUT2D eigenvalue weighted by Crippen LogP contribution is 2.37. The van der Waals surface area contributed by atoms with Crippen LogP contribution in [0.2, 0.25) is 0 Å². The summed E-state index contributed by atoms with van der Waals surface area (Å²) in [4.78, 5) is 33.8. The molecule has 4 aromatic rings. The van der Waals surface area contributed by atoms with Crippen molar-refractivity contribution in [3.05, 3.63) is 52.7 Å². The van der Waals surface area contributed by atoms with E-state index in [2.05, 4.69) is 4.98 Å². The third-order valence-electron chi connectivity index (χ3n) is 6.35. The minimum absolute atomic E-state index is 0.0334.